The van der Waals surface area contributed by atoms with Crippen LogP contribution in [0.2, 0.25) is 5.02 Å². The van der Waals surface area contributed by atoms with Crippen LogP contribution in [0.15, 0.2) is 65.5 Å². The average molecular weight is 328 g/mol. The molecule has 2 aromatic carbocycles. The Kier molecular flexibility index (Phi) is 4.35. The number of furan rings is 1. The fraction of sp³-hybridized carbons (Fsp3) is 0.0556. The van der Waals surface area contributed by atoms with Gasteiger partial charge in [0.2, 0.25) is 0 Å². The van der Waals surface area contributed by atoms with Crippen molar-refractivity contribution in [3.8, 4) is 11.5 Å². The lowest BCUT2D eigenvalue weighted by atomic mass is 10.2. The minimum Gasteiger partial charge on any atom is -0.472 e. The highest BCUT2D eigenvalue weighted by atomic mass is 35.5. The Morgan fingerprint density at radius 1 is 1.13 bits per heavy atom. The van der Waals surface area contributed by atoms with Gasteiger partial charge < -0.3 is 14.5 Å². The van der Waals surface area contributed by atoms with Gasteiger partial charge in [0.1, 0.15) is 12.0 Å². The van der Waals surface area contributed by atoms with Crippen LogP contribution in [0, 0.1) is 6.92 Å². The Bertz CT molecular complexity index is 811. The van der Waals surface area contributed by atoms with Crippen molar-refractivity contribution in [2.45, 2.75) is 6.92 Å². The van der Waals surface area contributed by atoms with E-state index >= 15 is 0 Å². The third-order valence-corrected chi connectivity index (χ3v) is 3.46. The molecule has 116 valence electrons. The molecule has 1 amide bonds. The van der Waals surface area contributed by atoms with Crippen molar-refractivity contribution in [3.63, 3.8) is 0 Å². The number of benzene rings is 2. The second-order valence-electron chi connectivity index (χ2n) is 5.02. The zero-order valence-corrected chi connectivity index (χ0v) is 13.1. The summed E-state index contributed by atoms with van der Waals surface area (Å²) < 4.78 is 10.8. The standard InChI is InChI=1S/C18H14ClNO3/c1-12-2-5-15(6-3-12)23-17-7-4-14(19)10-16(17)20-18(21)13-8-9-22-11-13/h2-11H,1H3,(H,20,21). The molecule has 0 bridgehead atoms. The van der Waals surface area contributed by atoms with E-state index in [0.29, 0.717) is 27.8 Å². The van der Waals surface area contributed by atoms with Crippen LogP contribution >= 0.6 is 11.6 Å². The van der Waals surface area contributed by atoms with Crippen molar-refractivity contribution in [3.05, 3.63) is 77.2 Å². The van der Waals surface area contributed by atoms with E-state index in [-0.39, 0.29) is 5.91 Å². The summed E-state index contributed by atoms with van der Waals surface area (Å²) in [6.45, 7) is 2.00. The van der Waals surface area contributed by atoms with Crippen molar-refractivity contribution >= 4 is 23.2 Å². The number of carbonyl (C=O) groups is 1. The minimum atomic E-state index is -0.297. The van der Waals surface area contributed by atoms with Crippen molar-refractivity contribution in [1.29, 1.82) is 0 Å². The SMILES string of the molecule is Cc1ccc(Oc2ccc(Cl)cc2NC(=O)c2ccoc2)cc1. The molecule has 23 heavy (non-hydrogen) atoms. The topological polar surface area (TPSA) is 51.5 Å². The van der Waals surface area contributed by atoms with Crippen molar-refractivity contribution in [1.82, 2.24) is 0 Å². The zero-order chi connectivity index (χ0) is 16.2. The maximum Gasteiger partial charge on any atom is 0.259 e. The summed E-state index contributed by atoms with van der Waals surface area (Å²) >= 11 is 6.02. The number of hydrogen-bond acceptors (Lipinski definition) is 3. The Labute approximate surface area is 138 Å². The van der Waals surface area contributed by atoms with Crippen LogP contribution in [-0.2, 0) is 0 Å². The summed E-state index contributed by atoms with van der Waals surface area (Å²) in [6.07, 6.45) is 2.82. The quantitative estimate of drug-likeness (QED) is 0.708. The van der Waals surface area contributed by atoms with Gasteiger partial charge in [0, 0.05) is 5.02 Å². The van der Waals surface area contributed by atoms with Crippen LogP contribution in [0.1, 0.15) is 15.9 Å². The van der Waals surface area contributed by atoms with Gasteiger partial charge in [-0.15, -0.1) is 0 Å². The number of nitrogens with one attached hydrogen (secondary N) is 1. The zero-order valence-electron chi connectivity index (χ0n) is 12.4. The highest BCUT2D eigenvalue weighted by Gasteiger charge is 2.12. The Hall–Kier alpha value is -2.72. The Morgan fingerprint density at radius 3 is 2.61 bits per heavy atom. The predicted octanol–water partition coefficient (Wildman–Crippen LogP) is 5.29. The van der Waals surface area contributed by atoms with E-state index in [1.54, 1.807) is 24.3 Å². The molecular formula is C18H14ClNO3. The van der Waals surface area contributed by atoms with Gasteiger partial charge in [0.05, 0.1) is 17.5 Å². The lowest BCUT2D eigenvalue weighted by molar-refractivity contribution is 0.102. The van der Waals surface area contributed by atoms with Crippen LogP contribution in [0.3, 0.4) is 0 Å². The fourth-order valence-corrected chi connectivity index (χ4v) is 2.18. The summed E-state index contributed by atoms with van der Waals surface area (Å²) in [5, 5.41) is 3.28. The number of amides is 1. The molecule has 0 atom stereocenters. The van der Waals surface area contributed by atoms with Crippen molar-refractivity contribution < 1.29 is 13.9 Å². The number of anilines is 1. The summed E-state index contributed by atoms with van der Waals surface area (Å²) in [4.78, 5) is 12.2. The van der Waals surface area contributed by atoms with E-state index in [4.69, 9.17) is 20.8 Å². The summed E-state index contributed by atoms with van der Waals surface area (Å²) in [5.74, 6) is 0.890. The van der Waals surface area contributed by atoms with E-state index in [2.05, 4.69) is 5.32 Å². The largest absolute Gasteiger partial charge is 0.472 e. The number of ether oxygens (including phenoxy) is 1. The van der Waals surface area contributed by atoms with Gasteiger partial charge >= 0.3 is 0 Å². The molecule has 1 aromatic heterocycles. The molecule has 0 saturated heterocycles. The highest BCUT2D eigenvalue weighted by molar-refractivity contribution is 6.31. The smallest absolute Gasteiger partial charge is 0.259 e. The molecule has 4 nitrogen and oxygen atoms in total. The molecule has 1 heterocycles. The summed E-state index contributed by atoms with van der Waals surface area (Å²) in [5.41, 5.74) is 2.05. The molecule has 0 saturated carbocycles. The first-order valence-electron chi connectivity index (χ1n) is 6.99. The number of aryl methyl sites for hydroxylation is 1. The molecule has 0 radical (unpaired) electrons. The van der Waals surface area contributed by atoms with Crippen LogP contribution < -0.4 is 10.1 Å². The van der Waals surface area contributed by atoms with Gasteiger partial charge in [-0.2, -0.15) is 0 Å². The average Bonchev–Trinajstić information content (AvgIpc) is 3.06. The molecule has 0 unspecified atom stereocenters. The van der Waals surface area contributed by atoms with Crippen LogP contribution in [0.5, 0.6) is 11.5 Å². The molecule has 3 aromatic rings. The van der Waals surface area contributed by atoms with E-state index in [0.717, 1.165) is 5.56 Å². The monoisotopic (exact) mass is 327 g/mol. The van der Waals surface area contributed by atoms with E-state index in [9.17, 15) is 4.79 Å². The second-order valence-corrected chi connectivity index (χ2v) is 5.46. The highest BCUT2D eigenvalue weighted by Crippen LogP contribution is 2.32. The molecule has 0 aliphatic heterocycles. The van der Waals surface area contributed by atoms with Gasteiger partial charge in [0.25, 0.3) is 5.91 Å². The maximum atomic E-state index is 12.2. The maximum absolute atomic E-state index is 12.2. The molecular weight excluding hydrogens is 314 g/mol. The first-order chi connectivity index (χ1) is 11.1. The molecule has 0 fully saturated rings. The first-order valence-corrected chi connectivity index (χ1v) is 7.37. The lowest BCUT2D eigenvalue weighted by Crippen LogP contribution is -2.11. The Balaban J connectivity index is 1.85. The minimum absolute atomic E-state index is 0.297. The van der Waals surface area contributed by atoms with Crippen molar-refractivity contribution in [2.24, 2.45) is 0 Å². The molecule has 0 aliphatic rings. The third-order valence-electron chi connectivity index (χ3n) is 3.22. The van der Waals surface area contributed by atoms with E-state index in [1.165, 1.54) is 12.5 Å². The van der Waals surface area contributed by atoms with Gasteiger partial charge in [-0.05, 0) is 43.3 Å². The number of carbonyl (C=O) groups excluding carboxylic acids is 1. The first kappa shape index (κ1) is 15.2. The van der Waals surface area contributed by atoms with Gasteiger partial charge in [0.15, 0.2) is 5.75 Å². The van der Waals surface area contributed by atoms with Crippen LogP contribution in [0.25, 0.3) is 0 Å². The van der Waals surface area contributed by atoms with E-state index in [1.807, 2.05) is 31.2 Å². The molecule has 3 rings (SSSR count). The van der Waals surface area contributed by atoms with Gasteiger partial charge in [-0.1, -0.05) is 29.3 Å². The molecule has 1 N–H and O–H groups in total. The lowest BCUT2D eigenvalue weighted by Gasteiger charge is -2.12. The number of rotatable bonds is 4. The number of halogens is 1. The van der Waals surface area contributed by atoms with Gasteiger partial charge in [-0.3, -0.25) is 4.79 Å². The summed E-state index contributed by atoms with van der Waals surface area (Å²) in [7, 11) is 0. The summed E-state index contributed by atoms with van der Waals surface area (Å²) in [6, 6.07) is 14.3. The Morgan fingerprint density at radius 2 is 1.91 bits per heavy atom. The predicted molar refractivity (Wildman–Crippen MR) is 89.4 cm³/mol. The van der Waals surface area contributed by atoms with E-state index < -0.39 is 0 Å². The molecule has 5 heteroatoms. The van der Waals surface area contributed by atoms with Crippen molar-refractivity contribution in [2.75, 3.05) is 5.32 Å². The second kappa shape index (κ2) is 6.58. The fourth-order valence-electron chi connectivity index (χ4n) is 2.01. The number of hydrogen-bond donors (Lipinski definition) is 1. The van der Waals surface area contributed by atoms with Crippen LogP contribution in [-0.4, -0.2) is 5.91 Å². The van der Waals surface area contributed by atoms with Crippen LogP contribution in [0.4, 0.5) is 5.69 Å². The molecule has 0 aliphatic carbocycles. The third kappa shape index (κ3) is 3.73. The van der Waals surface area contributed by atoms with Gasteiger partial charge in [-0.25, -0.2) is 0 Å². The normalized spacial score (nSPS) is 10.3. The molecule has 0 spiro atoms.